The van der Waals surface area contributed by atoms with Crippen molar-refractivity contribution >= 4 is 21.8 Å². The Bertz CT molecular complexity index is 580. The molecule has 5 nitrogen and oxygen atoms in total. The molecule has 1 saturated heterocycles. The maximum absolute atomic E-state index is 11.6. The van der Waals surface area contributed by atoms with Gasteiger partial charge in [-0.2, -0.15) is 0 Å². The summed E-state index contributed by atoms with van der Waals surface area (Å²) in [6.07, 6.45) is 1.93. The number of hydrogen-bond acceptors (Lipinski definition) is 4. The molecular formula is C13H15NO4S. The number of benzene rings is 1. The Morgan fingerprint density at radius 1 is 1.26 bits per heavy atom. The van der Waals surface area contributed by atoms with Gasteiger partial charge < -0.3 is 10.4 Å². The highest BCUT2D eigenvalue weighted by molar-refractivity contribution is 7.91. The summed E-state index contributed by atoms with van der Waals surface area (Å²) in [4.78, 5) is 11.6. The van der Waals surface area contributed by atoms with Crippen LogP contribution in [-0.2, 0) is 14.6 Å². The van der Waals surface area contributed by atoms with Gasteiger partial charge in [-0.25, -0.2) is 8.42 Å². The van der Waals surface area contributed by atoms with E-state index in [1.165, 1.54) is 6.08 Å². The van der Waals surface area contributed by atoms with Crippen molar-refractivity contribution in [2.24, 2.45) is 0 Å². The number of carbonyl (C=O) groups excluding carboxylic acids is 1. The fraction of sp³-hybridized carbons (Fsp3) is 0.308. The Hall–Kier alpha value is -1.66. The van der Waals surface area contributed by atoms with E-state index in [2.05, 4.69) is 5.32 Å². The second-order valence-electron chi connectivity index (χ2n) is 4.50. The number of aliphatic hydroxyl groups excluding tert-OH is 1. The van der Waals surface area contributed by atoms with E-state index in [0.717, 1.165) is 5.56 Å². The lowest BCUT2D eigenvalue weighted by Crippen LogP contribution is -2.41. The summed E-state index contributed by atoms with van der Waals surface area (Å²) in [7, 11) is -3.25. The van der Waals surface area contributed by atoms with Crippen LogP contribution in [0, 0.1) is 0 Å². The summed E-state index contributed by atoms with van der Waals surface area (Å²) in [5.74, 6) is -0.913. The molecule has 2 atom stereocenters. The van der Waals surface area contributed by atoms with E-state index >= 15 is 0 Å². The topological polar surface area (TPSA) is 83.5 Å². The van der Waals surface area contributed by atoms with Gasteiger partial charge in [-0.3, -0.25) is 4.79 Å². The van der Waals surface area contributed by atoms with E-state index < -0.39 is 27.9 Å². The van der Waals surface area contributed by atoms with Crippen LogP contribution in [0.5, 0.6) is 0 Å². The second kappa shape index (κ2) is 5.54. The second-order valence-corrected chi connectivity index (χ2v) is 6.66. The zero-order valence-electron chi connectivity index (χ0n) is 10.2. The van der Waals surface area contributed by atoms with E-state index in [9.17, 15) is 18.3 Å². The van der Waals surface area contributed by atoms with Gasteiger partial charge >= 0.3 is 0 Å². The molecule has 2 rings (SSSR count). The fourth-order valence-corrected chi connectivity index (χ4v) is 3.68. The Labute approximate surface area is 111 Å². The molecule has 0 radical (unpaired) electrons. The zero-order valence-corrected chi connectivity index (χ0v) is 11.0. The van der Waals surface area contributed by atoms with Crippen LogP contribution in [0.3, 0.4) is 0 Å². The number of nitrogens with one attached hydrogen (secondary N) is 1. The van der Waals surface area contributed by atoms with Crippen molar-refractivity contribution in [3.8, 4) is 0 Å². The Kier molecular flexibility index (Phi) is 4.01. The first-order valence-electron chi connectivity index (χ1n) is 5.88. The SMILES string of the molecule is O=C(/C=C/c1ccccc1)NC1CS(=O)(=O)CC1O. The normalized spacial score (nSPS) is 25.5. The molecule has 6 heteroatoms. The van der Waals surface area contributed by atoms with Gasteiger partial charge in [0.25, 0.3) is 0 Å². The van der Waals surface area contributed by atoms with Gasteiger partial charge in [-0.05, 0) is 11.6 Å². The van der Waals surface area contributed by atoms with Crippen LogP contribution in [0.15, 0.2) is 36.4 Å². The summed E-state index contributed by atoms with van der Waals surface area (Å²) in [5, 5.41) is 12.0. The van der Waals surface area contributed by atoms with E-state index in [1.807, 2.05) is 30.3 Å². The highest BCUT2D eigenvalue weighted by Crippen LogP contribution is 2.12. The number of rotatable bonds is 3. The molecule has 0 saturated carbocycles. The average Bonchev–Trinajstić information content (AvgIpc) is 2.61. The van der Waals surface area contributed by atoms with Gasteiger partial charge in [0.1, 0.15) is 0 Å². The summed E-state index contributed by atoms with van der Waals surface area (Å²) >= 11 is 0. The quantitative estimate of drug-likeness (QED) is 0.762. The predicted octanol–water partition coefficient (Wildman–Crippen LogP) is -0.0261. The maximum Gasteiger partial charge on any atom is 0.244 e. The van der Waals surface area contributed by atoms with Crippen LogP contribution in [0.25, 0.3) is 6.08 Å². The summed E-state index contributed by atoms with van der Waals surface area (Å²) in [6, 6.07) is 8.54. The molecule has 1 aliphatic rings. The van der Waals surface area contributed by atoms with Crippen LogP contribution in [0.2, 0.25) is 0 Å². The summed E-state index contributed by atoms with van der Waals surface area (Å²) < 4.78 is 22.6. The molecule has 1 heterocycles. The average molecular weight is 281 g/mol. The van der Waals surface area contributed by atoms with Gasteiger partial charge in [0.2, 0.25) is 5.91 Å². The van der Waals surface area contributed by atoms with Crippen molar-refractivity contribution < 1.29 is 18.3 Å². The first kappa shape index (κ1) is 13.8. The van der Waals surface area contributed by atoms with Crippen molar-refractivity contribution in [2.45, 2.75) is 12.1 Å². The fourth-order valence-electron chi connectivity index (χ4n) is 1.93. The van der Waals surface area contributed by atoms with Crippen LogP contribution < -0.4 is 5.32 Å². The molecule has 0 bridgehead atoms. The van der Waals surface area contributed by atoms with Gasteiger partial charge in [0, 0.05) is 6.08 Å². The Morgan fingerprint density at radius 2 is 1.95 bits per heavy atom. The molecule has 2 unspecified atom stereocenters. The highest BCUT2D eigenvalue weighted by atomic mass is 32.2. The lowest BCUT2D eigenvalue weighted by molar-refractivity contribution is -0.117. The standard InChI is InChI=1S/C13H15NO4S/c15-12-9-19(17,18)8-11(12)14-13(16)7-6-10-4-2-1-3-5-10/h1-7,11-12,15H,8-9H2,(H,14,16)/b7-6+. The number of sulfone groups is 1. The minimum Gasteiger partial charge on any atom is -0.390 e. The molecule has 2 N–H and O–H groups in total. The lowest BCUT2D eigenvalue weighted by Gasteiger charge is -2.12. The Balaban J connectivity index is 1.94. The van der Waals surface area contributed by atoms with Crippen molar-refractivity contribution in [2.75, 3.05) is 11.5 Å². The molecule has 1 fully saturated rings. The third kappa shape index (κ3) is 3.90. The van der Waals surface area contributed by atoms with Crippen molar-refractivity contribution in [1.82, 2.24) is 5.32 Å². The van der Waals surface area contributed by atoms with Gasteiger partial charge in [-0.15, -0.1) is 0 Å². The molecule has 0 aromatic heterocycles. The minimum atomic E-state index is -3.25. The van der Waals surface area contributed by atoms with Crippen LogP contribution >= 0.6 is 0 Å². The smallest absolute Gasteiger partial charge is 0.244 e. The molecular weight excluding hydrogens is 266 g/mol. The van der Waals surface area contributed by atoms with Crippen molar-refractivity contribution in [3.05, 3.63) is 42.0 Å². The zero-order chi connectivity index (χ0) is 13.9. The maximum atomic E-state index is 11.6. The molecule has 0 aliphatic carbocycles. The minimum absolute atomic E-state index is 0.209. The van der Waals surface area contributed by atoms with Crippen LogP contribution in [-0.4, -0.2) is 43.1 Å². The summed E-state index contributed by atoms with van der Waals surface area (Å²) in [5.41, 5.74) is 0.872. The molecule has 1 aromatic carbocycles. The van der Waals surface area contributed by atoms with Crippen LogP contribution in [0.4, 0.5) is 0 Å². The van der Waals surface area contributed by atoms with E-state index in [4.69, 9.17) is 0 Å². The van der Waals surface area contributed by atoms with Gasteiger partial charge in [0.15, 0.2) is 9.84 Å². The number of hydrogen-bond donors (Lipinski definition) is 2. The number of amides is 1. The van der Waals surface area contributed by atoms with Crippen LogP contribution in [0.1, 0.15) is 5.56 Å². The third-order valence-electron chi connectivity index (χ3n) is 2.88. The van der Waals surface area contributed by atoms with Crippen molar-refractivity contribution in [1.29, 1.82) is 0 Å². The van der Waals surface area contributed by atoms with E-state index in [-0.39, 0.29) is 11.5 Å². The first-order valence-corrected chi connectivity index (χ1v) is 7.70. The predicted molar refractivity (Wildman–Crippen MR) is 72.1 cm³/mol. The largest absolute Gasteiger partial charge is 0.390 e. The Morgan fingerprint density at radius 3 is 2.53 bits per heavy atom. The van der Waals surface area contributed by atoms with Crippen molar-refractivity contribution in [3.63, 3.8) is 0 Å². The highest BCUT2D eigenvalue weighted by Gasteiger charge is 2.36. The number of carbonyl (C=O) groups is 1. The first-order chi connectivity index (χ1) is 8.96. The van der Waals surface area contributed by atoms with E-state index in [0.29, 0.717) is 0 Å². The molecule has 1 aromatic rings. The lowest BCUT2D eigenvalue weighted by atomic mass is 10.2. The molecule has 0 spiro atoms. The molecule has 1 amide bonds. The van der Waals surface area contributed by atoms with Gasteiger partial charge in [0.05, 0.1) is 23.7 Å². The van der Waals surface area contributed by atoms with E-state index in [1.54, 1.807) is 6.08 Å². The van der Waals surface area contributed by atoms with Gasteiger partial charge in [-0.1, -0.05) is 30.3 Å². The summed E-state index contributed by atoms with van der Waals surface area (Å²) in [6.45, 7) is 0. The molecule has 102 valence electrons. The number of aliphatic hydroxyl groups is 1. The third-order valence-corrected chi connectivity index (χ3v) is 4.59. The molecule has 1 aliphatic heterocycles. The monoisotopic (exact) mass is 281 g/mol. The molecule has 19 heavy (non-hydrogen) atoms.